The average molecular weight is 241 g/mol. The topological polar surface area (TPSA) is 0 Å². The highest BCUT2D eigenvalue weighted by molar-refractivity contribution is 5.29. The van der Waals surface area contributed by atoms with E-state index >= 15 is 0 Å². The van der Waals surface area contributed by atoms with Crippen LogP contribution in [0.3, 0.4) is 0 Å². The molecule has 0 N–H and O–H groups in total. The van der Waals surface area contributed by atoms with E-state index in [1.54, 1.807) is 0 Å². The molecular weight excluding hydrogens is 216 g/mol. The van der Waals surface area contributed by atoms with Crippen molar-refractivity contribution in [3.05, 3.63) is 41.8 Å². The molecule has 1 aromatic rings. The molecule has 1 atom stereocenters. The van der Waals surface area contributed by atoms with E-state index in [0.717, 1.165) is 12.8 Å². The molecule has 0 aliphatic rings. The summed E-state index contributed by atoms with van der Waals surface area (Å²) >= 11 is 0. The molecule has 18 heavy (non-hydrogen) atoms. The van der Waals surface area contributed by atoms with Gasteiger partial charge in [0, 0.05) is 5.92 Å². The van der Waals surface area contributed by atoms with Crippen LogP contribution in [0.1, 0.15) is 64.0 Å². The normalized spacial score (nSPS) is 13.1. The van der Waals surface area contributed by atoms with Crippen LogP contribution in [-0.4, -0.2) is 0 Å². The Hall–Kier alpha value is -1.22. The van der Waals surface area contributed by atoms with Crippen molar-refractivity contribution in [3.8, 4) is 5.92 Å². The van der Waals surface area contributed by atoms with Crippen LogP contribution in [0.25, 0.3) is 0 Å². The first-order valence-electron chi connectivity index (χ1n) is 6.97. The highest BCUT2D eigenvalue weighted by atomic mass is 14.2. The molecule has 0 saturated carbocycles. The second-order valence-corrected chi connectivity index (χ2v) is 6.32. The van der Waals surface area contributed by atoms with Crippen molar-refractivity contribution in [1.82, 2.24) is 0 Å². The summed E-state index contributed by atoms with van der Waals surface area (Å²) < 4.78 is 0. The Kier molecular flexibility index (Phi) is 5.48. The Morgan fingerprint density at radius 3 is 2.22 bits per heavy atom. The highest BCUT2D eigenvalue weighted by Crippen LogP contribution is 2.24. The molecule has 1 aromatic carbocycles. The molecule has 0 heteroatoms. The van der Waals surface area contributed by atoms with E-state index in [1.165, 1.54) is 24.0 Å². The van der Waals surface area contributed by atoms with Gasteiger partial charge in [-0.2, -0.15) is 0 Å². The van der Waals surface area contributed by atoms with Gasteiger partial charge >= 0.3 is 0 Å². The lowest BCUT2D eigenvalue weighted by molar-refractivity contribution is 0.411. The van der Waals surface area contributed by atoms with E-state index in [1.807, 2.05) is 0 Å². The fourth-order valence-corrected chi connectivity index (χ4v) is 2.21. The maximum absolute atomic E-state index is 7.42. The Labute approximate surface area is 113 Å². The summed E-state index contributed by atoms with van der Waals surface area (Å²) in [4.78, 5) is 0. The maximum Gasteiger partial charge on any atom is 0.0462 e. The first kappa shape index (κ1) is 14.8. The third-order valence-electron chi connectivity index (χ3n) is 3.14. The van der Waals surface area contributed by atoms with Gasteiger partial charge in [-0.05, 0) is 35.8 Å². The van der Waals surface area contributed by atoms with Crippen LogP contribution in [0.2, 0.25) is 0 Å². The van der Waals surface area contributed by atoms with E-state index in [0.29, 0.717) is 5.41 Å². The molecule has 1 rings (SSSR count). The van der Waals surface area contributed by atoms with Gasteiger partial charge in [0.1, 0.15) is 0 Å². The summed E-state index contributed by atoms with van der Waals surface area (Å²) in [6.45, 7) is 8.97. The standard InChI is InChI=1S/C18H25/c1-6-8-9-16(7-2)17-12-10-15(11-13-17)14-18(3,4)5/h10-13,16H,6,8-9,14H2,1,3-5H3. The number of rotatable bonds is 5. The van der Waals surface area contributed by atoms with E-state index in [2.05, 4.69) is 57.9 Å². The second-order valence-electron chi connectivity index (χ2n) is 6.32. The molecule has 0 saturated heterocycles. The van der Waals surface area contributed by atoms with E-state index in [4.69, 9.17) is 6.42 Å². The van der Waals surface area contributed by atoms with Crippen molar-refractivity contribution in [2.75, 3.05) is 0 Å². The van der Waals surface area contributed by atoms with Gasteiger partial charge in [0.25, 0.3) is 0 Å². The highest BCUT2D eigenvalue weighted by Gasteiger charge is 2.12. The van der Waals surface area contributed by atoms with Gasteiger partial charge in [-0.15, -0.1) is 0 Å². The van der Waals surface area contributed by atoms with Crippen molar-refractivity contribution < 1.29 is 0 Å². The molecule has 0 aliphatic carbocycles. The number of hydrogen-bond donors (Lipinski definition) is 0. The minimum absolute atomic E-state index is 0.175. The zero-order valence-electron chi connectivity index (χ0n) is 12.2. The van der Waals surface area contributed by atoms with Gasteiger partial charge in [0.05, 0.1) is 0 Å². The monoisotopic (exact) mass is 241 g/mol. The Morgan fingerprint density at radius 2 is 1.78 bits per heavy atom. The average Bonchev–Trinajstić information content (AvgIpc) is 2.30. The van der Waals surface area contributed by atoms with Crippen LogP contribution in [0, 0.1) is 17.8 Å². The van der Waals surface area contributed by atoms with Gasteiger partial charge in [-0.3, -0.25) is 0 Å². The summed E-state index contributed by atoms with van der Waals surface area (Å²) in [5.74, 6) is 2.85. The Balaban J connectivity index is 2.72. The van der Waals surface area contributed by atoms with Crippen LogP contribution in [0.15, 0.2) is 24.3 Å². The fraction of sp³-hybridized carbons (Fsp3) is 0.556. The second kappa shape index (κ2) is 6.64. The van der Waals surface area contributed by atoms with Crippen LogP contribution in [-0.2, 0) is 6.42 Å². The van der Waals surface area contributed by atoms with Gasteiger partial charge in [0.15, 0.2) is 0 Å². The van der Waals surface area contributed by atoms with E-state index < -0.39 is 0 Å². The minimum atomic E-state index is 0.175. The summed E-state index contributed by atoms with van der Waals surface area (Å²) in [7, 11) is 0. The van der Waals surface area contributed by atoms with Crippen LogP contribution in [0.5, 0.6) is 0 Å². The molecule has 0 amide bonds. The van der Waals surface area contributed by atoms with Crippen LogP contribution < -0.4 is 0 Å². The molecule has 0 heterocycles. The number of hydrogen-bond acceptors (Lipinski definition) is 0. The molecular formula is C18H25. The molecule has 0 fully saturated rings. The van der Waals surface area contributed by atoms with Gasteiger partial charge in [0.2, 0.25) is 0 Å². The third-order valence-corrected chi connectivity index (χ3v) is 3.14. The molecule has 0 aromatic heterocycles. The van der Waals surface area contributed by atoms with E-state index in [-0.39, 0.29) is 5.92 Å². The van der Waals surface area contributed by atoms with Gasteiger partial charge in [-0.25, -0.2) is 0 Å². The lowest BCUT2D eigenvalue weighted by atomic mass is 9.87. The maximum atomic E-state index is 7.42. The summed E-state index contributed by atoms with van der Waals surface area (Å²) in [6.07, 6.45) is 11.9. The third kappa shape index (κ3) is 4.96. The lowest BCUT2D eigenvalue weighted by Crippen LogP contribution is -2.09. The van der Waals surface area contributed by atoms with Gasteiger partial charge in [-0.1, -0.05) is 70.7 Å². The predicted molar refractivity (Wildman–Crippen MR) is 79.0 cm³/mol. The smallest absolute Gasteiger partial charge is 0.0462 e. The molecule has 0 bridgehead atoms. The molecule has 97 valence electrons. The minimum Gasteiger partial charge on any atom is -0.0809 e. The first-order chi connectivity index (χ1) is 8.46. The molecule has 1 unspecified atom stereocenters. The number of benzene rings is 1. The molecule has 0 nitrogen and oxygen atoms in total. The van der Waals surface area contributed by atoms with Crippen molar-refractivity contribution in [2.24, 2.45) is 5.41 Å². The van der Waals surface area contributed by atoms with Crippen molar-refractivity contribution in [1.29, 1.82) is 0 Å². The van der Waals surface area contributed by atoms with E-state index in [9.17, 15) is 0 Å². The molecule has 0 spiro atoms. The fourth-order valence-electron chi connectivity index (χ4n) is 2.21. The zero-order chi connectivity index (χ0) is 13.6. The van der Waals surface area contributed by atoms with Crippen molar-refractivity contribution >= 4 is 0 Å². The summed E-state index contributed by atoms with van der Waals surface area (Å²) in [5.41, 5.74) is 2.94. The largest absolute Gasteiger partial charge is 0.0809 e. The van der Waals surface area contributed by atoms with Crippen LogP contribution in [0.4, 0.5) is 0 Å². The van der Waals surface area contributed by atoms with Crippen LogP contribution >= 0.6 is 0 Å². The number of unbranched alkanes of at least 4 members (excludes halogenated alkanes) is 1. The van der Waals surface area contributed by atoms with Crippen molar-refractivity contribution in [2.45, 2.75) is 59.3 Å². The predicted octanol–water partition coefficient (Wildman–Crippen LogP) is 5.14. The Morgan fingerprint density at radius 1 is 1.17 bits per heavy atom. The quantitative estimate of drug-likeness (QED) is 0.626. The summed E-state index contributed by atoms with van der Waals surface area (Å²) in [5, 5.41) is 0. The Bertz CT molecular complexity index is 384. The van der Waals surface area contributed by atoms with Gasteiger partial charge < -0.3 is 0 Å². The molecule has 1 radical (unpaired) electrons. The lowest BCUT2D eigenvalue weighted by Gasteiger charge is -2.18. The van der Waals surface area contributed by atoms with Crippen molar-refractivity contribution in [3.63, 3.8) is 0 Å². The molecule has 0 aliphatic heterocycles. The first-order valence-corrected chi connectivity index (χ1v) is 6.97. The summed E-state index contributed by atoms with van der Waals surface area (Å²) in [6, 6.07) is 8.75. The SMILES string of the molecule is [C]#CC(CCCC)c1ccc(CC(C)(C)C)cc1. The zero-order valence-corrected chi connectivity index (χ0v) is 12.2.